The molecule has 1 rings (SSSR count). The van der Waals surface area contributed by atoms with Gasteiger partial charge in [-0.2, -0.15) is 0 Å². The fraction of sp³-hybridized carbons (Fsp3) is 0.750. The quantitative estimate of drug-likeness (QED) is 0.651. The maximum atomic E-state index is 11.2. The summed E-state index contributed by atoms with van der Waals surface area (Å²) in [5, 5.41) is 2.67. The normalized spacial score (nSPS) is 17.9. The fourth-order valence-corrected chi connectivity index (χ4v) is 1.20. The monoisotopic (exact) mass is 170 g/mol. The van der Waals surface area contributed by atoms with Gasteiger partial charge in [0.15, 0.2) is 5.78 Å². The zero-order valence-corrected chi connectivity index (χ0v) is 7.68. The predicted octanol–water partition coefficient (Wildman–Crippen LogP) is 0.379. The molecule has 0 aromatic carbocycles. The van der Waals surface area contributed by atoms with Crippen LogP contribution in [0.4, 0.5) is 4.79 Å². The van der Waals surface area contributed by atoms with Gasteiger partial charge in [0, 0.05) is 13.1 Å². The topological polar surface area (TPSA) is 49.4 Å². The molecule has 1 heterocycles. The van der Waals surface area contributed by atoms with Crippen LogP contribution in [0.5, 0.6) is 0 Å². The molecule has 1 fully saturated rings. The Morgan fingerprint density at radius 3 is 2.50 bits per heavy atom. The second-order valence-electron chi connectivity index (χ2n) is 3.50. The van der Waals surface area contributed by atoms with Crippen molar-refractivity contribution in [2.75, 3.05) is 13.1 Å². The van der Waals surface area contributed by atoms with Crippen LogP contribution in [0.3, 0.4) is 0 Å². The van der Waals surface area contributed by atoms with E-state index in [-0.39, 0.29) is 11.8 Å². The molecule has 4 heteroatoms. The molecular weight excluding hydrogens is 156 g/mol. The third-order valence-electron chi connectivity index (χ3n) is 2.39. The molecule has 0 saturated carbocycles. The molecule has 12 heavy (non-hydrogen) atoms. The Bertz CT molecular complexity index is 223. The molecule has 1 aliphatic rings. The number of Topliss-reactive ketones (excluding diaryl/α,β-unsaturated/α-hetero) is 1. The highest BCUT2D eigenvalue weighted by molar-refractivity contribution is 5.90. The van der Waals surface area contributed by atoms with E-state index < -0.39 is 5.54 Å². The number of hydrogen-bond acceptors (Lipinski definition) is 2. The second-order valence-corrected chi connectivity index (χ2v) is 3.50. The first-order valence-electron chi connectivity index (χ1n) is 4.03. The van der Waals surface area contributed by atoms with E-state index in [4.69, 9.17) is 0 Å². The Morgan fingerprint density at radius 2 is 2.17 bits per heavy atom. The molecule has 0 aromatic heterocycles. The van der Waals surface area contributed by atoms with Crippen molar-refractivity contribution in [3.05, 3.63) is 0 Å². The molecule has 0 unspecified atom stereocenters. The minimum absolute atomic E-state index is 0.0135. The molecule has 2 amide bonds. The molecule has 1 N–H and O–H groups in total. The molecule has 4 nitrogen and oxygen atoms in total. The largest absolute Gasteiger partial charge is 0.336 e. The van der Waals surface area contributed by atoms with Crippen LogP contribution < -0.4 is 5.32 Å². The minimum atomic E-state index is -0.666. The van der Waals surface area contributed by atoms with Gasteiger partial charge in [0.2, 0.25) is 0 Å². The van der Waals surface area contributed by atoms with E-state index in [0.717, 1.165) is 0 Å². The predicted molar refractivity (Wildman–Crippen MR) is 44.9 cm³/mol. The molecular formula is C8H14N2O2. The van der Waals surface area contributed by atoms with Crippen LogP contribution in [0.15, 0.2) is 0 Å². The van der Waals surface area contributed by atoms with Gasteiger partial charge in [-0.1, -0.05) is 0 Å². The number of ketones is 1. The minimum Gasteiger partial charge on any atom is -0.336 e. The average Bonchev–Trinajstić information content (AvgIpc) is 2.35. The van der Waals surface area contributed by atoms with E-state index in [9.17, 15) is 9.59 Å². The van der Waals surface area contributed by atoms with Crippen molar-refractivity contribution >= 4 is 11.8 Å². The Labute approximate surface area is 71.9 Å². The van der Waals surface area contributed by atoms with Gasteiger partial charge in [0.1, 0.15) is 0 Å². The van der Waals surface area contributed by atoms with Crippen molar-refractivity contribution in [1.29, 1.82) is 0 Å². The number of rotatable bonds is 2. The first-order valence-corrected chi connectivity index (χ1v) is 4.03. The first-order chi connectivity index (χ1) is 5.46. The van der Waals surface area contributed by atoms with Crippen LogP contribution in [0.1, 0.15) is 20.8 Å². The first kappa shape index (κ1) is 9.03. The SMILES string of the molecule is CC(=O)C(C)(C)N1CCNC1=O. The number of urea groups is 1. The van der Waals surface area contributed by atoms with E-state index in [1.165, 1.54) is 6.92 Å². The van der Waals surface area contributed by atoms with E-state index in [0.29, 0.717) is 13.1 Å². The molecule has 0 radical (unpaired) electrons. The van der Waals surface area contributed by atoms with Crippen LogP contribution in [-0.2, 0) is 4.79 Å². The zero-order valence-electron chi connectivity index (χ0n) is 7.68. The van der Waals surface area contributed by atoms with E-state index in [1.807, 2.05) is 0 Å². The van der Waals surface area contributed by atoms with Gasteiger partial charge in [-0.3, -0.25) is 4.79 Å². The number of carbonyl (C=O) groups excluding carboxylic acids is 2. The summed E-state index contributed by atoms with van der Waals surface area (Å²) < 4.78 is 0. The smallest absolute Gasteiger partial charge is 0.318 e. The molecule has 0 atom stereocenters. The summed E-state index contributed by atoms with van der Waals surface area (Å²) in [5.41, 5.74) is -0.666. The lowest BCUT2D eigenvalue weighted by atomic mass is 9.98. The lowest BCUT2D eigenvalue weighted by Gasteiger charge is -2.31. The zero-order chi connectivity index (χ0) is 9.35. The van der Waals surface area contributed by atoms with Crippen molar-refractivity contribution in [2.45, 2.75) is 26.3 Å². The van der Waals surface area contributed by atoms with Crippen molar-refractivity contribution in [3.8, 4) is 0 Å². The Balaban J connectivity index is 2.80. The lowest BCUT2D eigenvalue weighted by Crippen LogP contribution is -2.50. The van der Waals surface area contributed by atoms with Gasteiger partial charge in [0.05, 0.1) is 5.54 Å². The molecule has 0 aliphatic carbocycles. The van der Waals surface area contributed by atoms with Crippen LogP contribution in [0, 0.1) is 0 Å². The molecule has 0 aromatic rings. The lowest BCUT2D eigenvalue weighted by molar-refractivity contribution is -0.125. The number of nitrogens with one attached hydrogen (secondary N) is 1. The fourth-order valence-electron chi connectivity index (χ4n) is 1.20. The van der Waals surface area contributed by atoms with E-state index in [1.54, 1.807) is 18.7 Å². The molecule has 0 bridgehead atoms. The molecule has 1 saturated heterocycles. The average molecular weight is 170 g/mol. The summed E-state index contributed by atoms with van der Waals surface area (Å²) in [4.78, 5) is 23.9. The number of hydrogen-bond donors (Lipinski definition) is 1. The maximum Gasteiger partial charge on any atom is 0.318 e. The number of carbonyl (C=O) groups is 2. The Kier molecular flexibility index (Phi) is 2.08. The Hall–Kier alpha value is -1.06. The van der Waals surface area contributed by atoms with E-state index in [2.05, 4.69) is 5.32 Å². The van der Waals surface area contributed by atoms with Gasteiger partial charge in [-0.15, -0.1) is 0 Å². The molecule has 1 aliphatic heterocycles. The molecule has 0 spiro atoms. The Morgan fingerprint density at radius 1 is 1.58 bits per heavy atom. The van der Waals surface area contributed by atoms with Crippen LogP contribution in [-0.4, -0.2) is 35.3 Å². The highest BCUT2D eigenvalue weighted by Crippen LogP contribution is 2.17. The summed E-state index contributed by atoms with van der Waals surface area (Å²) in [6, 6.07) is -0.143. The van der Waals surface area contributed by atoms with Crippen LogP contribution in [0.25, 0.3) is 0 Å². The van der Waals surface area contributed by atoms with Gasteiger partial charge in [-0.25, -0.2) is 4.79 Å². The van der Waals surface area contributed by atoms with Crippen LogP contribution >= 0.6 is 0 Å². The van der Waals surface area contributed by atoms with Gasteiger partial charge in [0.25, 0.3) is 0 Å². The third kappa shape index (κ3) is 1.29. The number of amides is 2. The van der Waals surface area contributed by atoms with Crippen molar-refractivity contribution in [2.24, 2.45) is 0 Å². The standard InChI is InChI=1S/C8H14N2O2/c1-6(11)8(2,3)10-5-4-9-7(10)12/h4-5H2,1-3H3,(H,9,12). The maximum absolute atomic E-state index is 11.2. The van der Waals surface area contributed by atoms with Crippen molar-refractivity contribution in [3.63, 3.8) is 0 Å². The van der Waals surface area contributed by atoms with Crippen molar-refractivity contribution in [1.82, 2.24) is 10.2 Å². The summed E-state index contributed by atoms with van der Waals surface area (Å²) in [6.45, 7) is 6.28. The summed E-state index contributed by atoms with van der Waals surface area (Å²) in [5.74, 6) is 0.0135. The highest BCUT2D eigenvalue weighted by atomic mass is 16.2. The van der Waals surface area contributed by atoms with Crippen molar-refractivity contribution < 1.29 is 9.59 Å². The van der Waals surface area contributed by atoms with Crippen LogP contribution in [0.2, 0.25) is 0 Å². The second kappa shape index (κ2) is 2.77. The third-order valence-corrected chi connectivity index (χ3v) is 2.39. The summed E-state index contributed by atoms with van der Waals surface area (Å²) in [7, 11) is 0. The summed E-state index contributed by atoms with van der Waals surface area (Å²) >= 11 is 0. The number of nitrogens with zero attached hydrogens (tertiary/aromatic N) is 1. The molecule has 68 valence electrons. The van der Waals surface area contributed by atoms with Gasteiger partial charge < -0.3 is 10.2 Å². The highest BCUT2D eigenvalue weighted by Gasteiger charge is 2.37. The van der Waals surface area contributed by atoms with Gasteiger partial charge in [-0.05, 0) is 20.8 Å². The van der Waals surface area contributed by atoms with Gasteiger partial charge >= 0.3 is 6.03 Å². The van der Waals surface area contributed by atoms with E-state index >= 15 is 0 Å². The summed E-state index contributed by atoms with van der Waals surface area (Å²) in [6.07, 6.45) is 0.